The molecule has 2 aliphatic heterocycles. The van der Waals surface area contributed by atoms with Crippen LogP contribution in [0.5, 0.6) is 0 Å². The molecular weight excluding hydrogens is 334 g/mol. The van der Waals surface area contributed by atoms with E-state index in [4.69, 9.17) is 14.0 Å². The Hall–Kier alpha value is -2.25. The van der Waals surface area contributed by atoms with Crippen molar-refractivity contribution in [1.82, 2.24) is 15.0 Å². The summed E-state index contributed by atoms with van der Waals surface area (Å²) in [6.07, 6.45) is 5.48. The zero-order valence-electron chi connectivity index (χ0n) is 15.1. The van der Waals surface area contributed by atoms with Gasteiger partial charge < -0.3 is 18.9 Å². The molecule has 0 aliphatic carbocycles. The summed E-state index contributed by atoms with van der Waals surface area (Å²) in [5.74, 6) is 0.154. The van der Waals surface area contributed by atoms with Crippen molar-refractivity contribution in [3.8, 4) is 0 Å². The lowest BCUT2D eigenvalue weighted by molar-refractivity contribution is -0.188. The summed E-state index contributed by atoms with van der Waals surface area (Å²) in [6.45, 7) is 6.16. The number of ether oxygens (including phenoxy) is 2. The van der Waals surface area contributed by atoms with Gasteiger partial charge >= 0.3 is 0 Å². The van der Waals surface area contributed by atoms with Crippen molar-refractivity contribution in [3.63, 3.8) is 0 Å². The van der Waals surface area contributed by atoms with Gasteiger partial charge in [-0.3, -0.25) is 9.78 Å². The highest BCUT2D eigenvalue weighted by atomic mass is 16.5. The summed E-state index contributed by atoms with van der Waals surface area (Å²) >= 11 is 0. The smallest absolute Gasteiger partial charge is 0.292 e. The quantitative estimate of drug-likeness (QED) is 0.835. The van der Waals surface area contributed by atoms with Crippen LogP contribution in [0.25, 0.3) is 0 Å². The minimum absolute atomic E-state index is 0.131. The van der Waals surface area contributed by atoms with Gasteiger partial charge in [-0.25, -0.2) is 0 Å². The summed E-state index contributed by atoms with van der Waals surface area (Å²) in [6, 6.07) is 3.75. The second-order valence-electron chi connectivity index (χ2n) is 7.32. The Morgan fingerprint density at radius 3 is 2.92 bits per heavy atom. The number of aromatic nitrogens is 2. The Morgan fingerprint density at radius 2 is 2.19 bits per heavy atom. The van der Waals surface area contributed by atoms with Gasteiger partial charge in [0.2, 0.25) is 5.76 Å². The predicted molar refractivity (Wildman–Crippen MR) is 92.6 cm³/mol. The molecule has 4 rings (SSSR count). The molecule has 1 spiro atoms. The average molecular weight is 357 g/mol. The number of hydrogen-bond acceptors (Lipinski definition) is 6. The fourth-order valence-corrected chi connectivity index (χ4v) is 3.67. The van der Waals surface area contributed by atoms with Crippen LogP contribution >= 0.6 is 0 Å². The Balaban J connectivity index is 1.31. The molecule has 2 saturated heterocycles. The Morgan fingerprint density at radius 1 is 1.35 bits per heavy atom. The van der Waals surface area contributed by atoms with Crippen LogP contribution in [0.15, 0.2) is 29.0 Å². The maximum Gasteiger partial charge on any atom is 0.292 e. The summed E-state index contributed by atoms with van der Waals surface area (Å²) in [4.78, 5) is 18.3. The van der Waals surface area contributed by atoms with Crippen LogP contribution in [0, 0.1) is 13.8 Å². The lowest BCUT2D eigenvalue weighted by Gasteiger charge is -2.52. The van der Waals surface area contributed by atoms with Crippen LogP contribution in [0.3, 0.4) is 0 Å². The van der Waals surface area contributed by atoms with E-state index in [1.54, 1.807) is 17.9 Å². The van der Waals surface area contributed by atoms with E-state index in [0.717, 1.165) is 24.0 Å². The number of amides is 1. The number of carbonyl (C=O) groups is 1. The van der Waals surface area contributed by atoms with Crippen LogP contribution in [0.2, 0.25) is 0 Å². The zero-order chi connectivity index (χ0) is 18.1. The second kappa shape index (κ2) is 6.81. The third-order valence-electron chi connectivity index (χ3n) is 4.95. The molecule has 2 aromatic heterocycles. The largest absolute Gasteiger partial charge is 0.373 e. The first kappa shape index (κ1) is 17.2. The van der Waals surface area contributed by atoms with E-state index in [2.05, 4.69) is 16.2 Å². The lowest BCUT2D eigenvalue weighted by atomic mass is 9.84. The van der Waals surface area contributed by atoms with Crippen molar-refractivity contribution in [3.05, 3.63) is 47.1 Å². The highest BCUT2D eigenvalue weighted by Crippen LogP contribution is 2.36. The molecule has 0 aromatic carbocycles. The van der Waals surface area contributed by atoms with E-state index < -0.39 is 0 Å². The van der Waals surface area contributed by atoms with Gasteiger partial charge in [-0.1, -0.05) is 11.2 Å². The van der Waals surface area contributed by atoms with Gasteiger partial charge in [0, 0.05) is 31.5 Å². The number of aryl methyl sites for hydroxylation is 2. The van der Waals surface area contributed by atoms with Crippen LogP contribution in [-0.4, -0.2) is 52.3 Å². The number of hydrogen-bond donors (Lipinski definition) is 0. The van der Waals surface area contributed by atoms with Crippen molar-refractivity contribution in [2.24, 2.45) is 0 Å². The summed E-state index contributed by atoms with van der Waals surface area (Å²) in [5.41, 5.74) is 2.62. The monoisotopic (exact) mass is 357 g/mol. The molecule has 1 atom stereocenters. The molecule has 7 heteroatoms. The number of nitrogens with zero attached hydrogens (tertiary/aromatic N) is 3. The molecule has 0 N–H and O–H groups in total. The SMILES string of the molecule is Cc1cncc(CO[C@@H]2CCOC3(C2)CN(C(=O)c2cc(C)no2)C3)c1. The van der Waals surface area contributed by atoms with Crippen molar-refractivity contribution in [2.45, 2.75) is 45.0 Å². The van der Waals surface area contributed by atoms with E-state index in [9.17, 15) is 4.79 Å². The normalized spacial score (nSPS) is 21.6. The molecule has 2 fully saturated rings. The second-order valence-corrected chi connectivity index (χ2v) is 7.32. The molecule has 0 unspecified atom stereocenters. The molecule has 26 heavy (non-hydrogen) atoms. The number of carbonyl (C=O) groups excluding carboxylic acids is 1. The van der Waals surface area contributed by atoms with Gasteiger partial charge in [0.1, 0.15) is 5.60 Å². The molecule has 0 radical (unpaired) electrons. The third-order valence-corrected chi connectivity index (χ3v) is 4.95. The molecule has 2 aliphatic rings. The van der Waals surface area contributed by atoms with E-state index in [1.165, 1.54) is 0 Å². The Kier molecular flexibility index (Phi) is 4.50. The van der Waals surface area contributed by atoms with Crippen molar-refractivity contribution < 1.29 is 18.8 Å². The summed E-state index contributed by atoms with van der Waals surface area (Å²) in [5, 5.41) is 3.77. The molecular formula is C19H23N3O4. The van der Waals surface area contributed by atoms with Gasteiger partial charge in [-0.2, -0.15) is 0 Å². The van der Waals surface area contributed by atoms with Gasteiger partial charge in [-0.05, 0) is 31.4 Å². The molecule has 2 aromatic rings. The van der Waals surface area contributed by atoms with Crippen LogP contribution < -0.4 is 0 Å². The van der Waals surface area contributed by atoms with Crippen molar-refractivity contribution >= 4 is 5.91 Å². The van der Waals surface area contributed by atoms with Crippen LogP contribution in [-0.2, 0) is 16.1 Å². The van der Waals surface area contributed by atoms with Gasteiger partial charge in [0.25, 0.3) is 5.91 Å². The topological polar surface area (TPSA) is 77.7 Å². The standard InChI is InChI=1S/C19H23N3O4/c1-13-5-15(9-20-8-13)10-24-16-3-4-25-19(7-16)11-22(12-19)18(23)17-6-14(2)21-26-17/h5-6,8-9,16H,3-4,7,10-12H2,1-2H3/t16-/m1/s1. The van der Waals surface area contributed by atoms with Crippen LogP contribution in [0.1, 0.15) is 40.2 Å². The first-order chi connectivity index (χ1) is 12.5. The lowest BCUT2D eigenvalue weighted by Crippen LogP contribution is -2.67. The highest BCUT2D eigenvalue weighted by Gasteiger charge is 2.50. The first-order valence-corrected chi connectivity index (χ1v) is 8.92. The van der Waals surface area contributed by atoms with Gasteiger partial charge in [0.15, 0.2) is 0 Å². The van der Waals surface area contributed by atoms with Gasteiger partial charge in [0.05, 0.1) is 31.5 Å². The van der Waals surface area contributed by atoms with Crippen molar-refractivity contribution in [1.29, 1.82) is 0 Å². The fourth-order valence-electron chi connectivity index (χ4n) is 3.67. The minimum Gasteiger partial charge on any atom is -0.373 e. The van der Waals surface area contributed by atoms with E-state index >= 15 is 0 Å². The minimum atomic E-state index is -0.293. The predicted octanol–water partition coefficient (Wildman–Crippen LogP) is 2.28. The summed E-state index contributed by atoms with van der Waals surface area (Å²) in [7, 11) is 0. The molecule has 7 nitrogen and oxygen atoms in total. The average Bonchev–Trinajstić information content (AvgIpc) is 3.04. The molecule has 1 amide bonds. The van der Waals surface area contributed by atoms with E-state index in [1.807, 2.05) is 19.3 Å². The Bertz CT molecular complexity index is 798. The number of pyridine rings is 1. The maximum absolute atomic E-state index is 12.4. The molecule has 0 saturated carbocycles. The number of likely N-dealkylation sites (tertiary alicyclic amines) is 1. The fraction of sp³-hybridized carbons (Fsp3) is 0.526. The Labute approximate surface area is 152 Å². The molecule has 138 valence electrons. The van der Waals surface area contributed by atoms with E-state index in [0.29, 0.717) is 32.0 Å². The van der Waals surface area contributed by atoms with Crippen molar-refractivity contribution in [2.75, 3.05) is 19.7 Å². The van der Waals surface area contributed by atoms with E-state index in [-0.39, 0.29) is 23.4 Å². The third kappa shape index (κ3) is 3.50. The molecule has 0 bridgehead atoms. The first-order valence-electron chi connectivity index (χ1n) is 8.92. The molecule has 4 heterocycles. The van der Waals surface area contributed by atoms with Gasteiger partial charge in [-0.15, -0.1) is 0 Å². The highest BCUT2D eigenvalue weighted by molar-refractivity contribution is 5.92. The van der Waals surface area contributed by atoms with Crippen LogP contribution in [0.4, 0.5) is 0 Å². The maximum atomic E-state index is 12.4. The zero-order valence-corrected chi connectivity index (χ0v) is 15.1. The number of rotatable bonds is 4. The summed E-state index contributed by atoms with van der Waals surface area (Å²) < 4.78 is 17.1.